The van der Waals surface area contributed by atoms with E-state index >= 15 is 0 Å². The Kier molecular flexibility index (Phi) is 15.8. The van der Waals surface area contributed by atoms with Gasteiger partial charge in [-0.2, -0.15) is 0 Å². The first-order valence-electron chi connectivity index (χ1n) is 14.7. The monoisotopic (exact) mass is 706 g/mol. The number of hydrogen-bond donors (Lipinski definition) is 0. The second kappa shape index (κ2) is 18.7. The average molecular weight is 707 g/mol. The predicted octanol–water partition coefficient (Wildman–Crippen LogP) is 0.915. The van der Waals surface area contributed by atoms with E-state index in [1.165, 1.54) is 0 Å². The molecule has 0 N–H and O–H groups in total. The number of carbonyl (C=O) groups excluding carboxylic acids is 7. The van der Waals surface area contributed by atoms with E-state index in [1.807, 2.05) is 0 Å². The van der Waals surface area contributed by atoms with Crippen molar-refractivity contribution >= 4 is 53.5 Å². The summed E-state index contributed by atoms with van der Waals surface area (Å²) in [6.07, 6.45) is -13.3. The molecule has 0 aromatic heterocycles. The van der Waals surface area contributed by atoms with Gasteiger partial charge in [0.05, 0.1) is 0 Å². The summed E-state index contributed by atoms with van der Waals surface area (Å²) >= 11 is 1.16. The van der Waals surface area contributed by atoms with Gasteiger partial charge in [0, 0.05) is 54.2 Å². The Balaban J connectivity index is 2.72. The second-order valence-corrected chi connectivity index (χ2v) is 12.0. The fourth-order valence-corrected chi connectivity index (χ4v) is 5.90. The van der Waals surface area contributed by atoms with Gasteiger partial charge in [-0.3, -0.25) is 33.6 Å². The van der Waals surface area contributed by atoms with E-state index in [4.69, 9.17) is 47.4 Å². The van der Waals surface area contributed by atoms with Gasteiger partial charge in [-0.15, -0.1) is 11.8 Å². The molecule has 270 valence electrons. The zero-order chi connectivity index (χ0) is 36.3. The van der Waals surface area contributed by atoms with Crippen LogP contribution in [-0.4, -0.2) is 121 Å². The highest BCUT2D eigenvalue weighted by Gasteiger charge is 2.57. The summed E-state index contributed by atoms with van der Waals surface area (Å²) < 4.78 is 56.4. The van der Waals surface area contributed by atoms with Crippen molar-refractivity contribution in [2.24, 2.45) is 0 Å². The third-order valence-corrected chi connectivity index (χ3v) is 7.75. The average Bonchev–Trinajstić information content (AvgIpc) is 2.94. The van der Waals surface area contributed by atoms with Gasteiger partial charge in [-0.05, 0) is 6.92 Å². The lowest BCUT2D eigenvalue weighted by Crippen LogP contribution is -2.66. The zero-order valence-corrected chi connectivity index (χ0v) is 28.8. The summed E-state index contributed by atoms with van der Waals surface area (Å²) in [5.41, 5.74) is -0.257. The minimum Gasteiger partial charge on any atom is -0.463 e. The van der Waals surface area contributed by atoms with Crippen molar-refractivity contribution in [1.82, 2.24) is 0 Å². The van der Waals surface area contributed by atoms with E-state index in [9.17, 15) is 33.6 Å². The standard InChI is InChI=1S/C30H42O17S/c1-13(2)12-48-30-28(44-20(9)37)26(42-18(7)35)24(22(46-30)11-39-15(4)32)47-29-27(43-19(8)36)25(41-17(6)34)23(40-16(5)33)21(45-29)10-38-14(3)31/h21-30H,1,10-12H2,2-9H3/t21-,22-,23+,24-,25?,26+,27-,28-,29+,30?/m1/s1. The molecule has 0 bridgehead atoms. The molecule has 0 amide bonds. The van der Waals surface area contributed by atoms with Crippen LogP contribution < -0.4 is 0 Å². The summed E-state index contributed by atoms with van der Waals surface area (Å²) in [7, 11) is 0. The Morgan fingerprint density at radius 2 is 0.917 bits per heavy atom. The Morgan fingerprint density at radius 1 is 0.521 bits per heavy atom. The van der Waals surface area contributed by atoms with Gasteiger partial charge in [0.1, 0.15) is 37.0 Å². The molecule has 0 spiro atoms. The molecule has 17 nitrogen and oxygen atoms in total. The van der Waals surface area contributed by atoms with Crippen molar-refractivity contribution < 1.29 is 80.9 Å². The first kappa shape index (κ1) is 40.4. The van der Waals surface area contributed by atoms with Crippen LogP contribution in [0.25, 0.3) is 0 Å². The van der Waals surface area contributed by atoms with Crippen molar-refractivity contribution in [3.8, 4) is 0 Å². The van der Waals surface area contributed by atoms with Crippen LogP contribution in [0.4, 0.5) is 0 Å². The number of esters is 7. The molecule has 0 saturated carbocycles. The van der Waals surface area contributed by atoms with Crippen molar-refractivity contribution in [1.29, 1.82) is 0 Å². The summed E-state index contributed by atoms with van der Waals surface area (Å²) in [4.78, 5) is 85.0. The fraction of sp³-hybridized carbons (Fsp3) is 0.700. The first-order valence-corrected chi connectivity index (χ1v) is 15.8. The lowest BCUT2D eigenvalue weighted by molar-refractivity contribution is -0.341. The molecule has 2 saturated heterocycles. The third kappa shape index (κ3) is 12.7. The van der Waals surface area contributed by atoms with E-state index in [0.29, 0.717) is 5.75 Å². The van der Waals surface area contributed by atoms with Gasteiger partial charge >= 0.3 is 41.8 Å². The van der Waals surface area contributed by atoms with Crippen molar-refractivity contribution in [3.05, 3.63) is 12.2 Å². The molecule has 2 unspecified atom stereocenters. The van der Waals surface area contributed by atoms with Crippen molar-refractivity contribution in [2.75, 3.05) is 19.0 Å². The van der Waals surface area contributed by atoms with Crippen molar-refractivity contribution in [3.63, 3.8) is 0 Å². The maximum absolute atomic E-state index is 12.4. The van der Waals surface area contributed by atoms with E-state index in [0.717, 1.165) is 65.8 Å². The quantitative estimate of drug-likeness (QED) is 0.140. The highest BCUT2D eigenvalue weighted by Crippen LogP contribution is 2.38. The lowest BCUT2D eigenvalue weighted by Gasteiger charge is -2.48. The summed E-state index contributed by atoms with van der Waals surface area (Å²) in [5, 5.41) is 0. The van der Waals surface area contributed by atoms with Gasteiger partial charge in [-0.25, -0.2) is 0 Å². The van der Waals surface area contributed by atoms with Gasteiger partial charge in [-0.1, -0.05) is 12.2 Å². The van der Waals surface area contributed by atoms with Crippen LogP contribution in [0.15, 0.2) is 12.2 Å². The van der Waals surface area contributed by atoms with Gasteiger partial charge < -0.3 is 47.4 Å². The Labute approximate surface area is 281 Å². The Morgan fingerprint density at radius 3 is 1.35 bits per heavy atom. The van der Waals surface area contributed by atoms with E-state index < -0.39 is 116 Å². The Hall–Kier alpha value is -3.74. The maximum Gasteiger partial charge on any atom is 0.303 e. The molecule has 10 atom stereocenters. The number of carbonyl (C=O) groups is 7. The summed E-state index contributed by atoms with van der Waals surface area (Å²) in [6.45, 7) is 12.3. The van der Waals surface area contributed by atoms with E-state index in [-0.39, 0.29) is 0 Å². The van der Waals surface area contributed by atoms with Crippen LogP contribution in [0.2, 0.25) is 0 Å². The van der Waals surface area contributed by atoms with E-state index in [2.05, 4.69) is 6.58 Å². The fourth-order valence-electron chi connectivity index (χ4n) is 4.83. The van der Waals surface area contributed by atoms with Crippen LogP contribution >= 0.6 is 11.8 Å². The molecule has 0 radical (unpaired) electrons. The molecular formula is C30H42O17S. The minimum absolute atomic E-state index is 0.334. The van der Waals surface area contributed by atoms with Crippen molar-refractivity contribution in [2.45, 2.75) is 116 Å². The normalized spacial score (nSPS) is 29.8. The number of hydrogen-bond acceptors (Lipinski definition) is 18. The van der Waals surface area contributed by atoms with Gasteiger partial charge in [0.2, 0.25) is 0 Å². The molecule has 2 fully saturated rings. The molecule has 18 heteroatoms. The molecule has 2 rings (SSSR count). The first-order chi connectivity index (χ1) is 22.4. The summed E-state index contributed by atoms with van der Waals surface area (Å²) in [5.74, 6) is -5.27. The number of ether oxygens (including phenoxy) is 10. The molecule has 2 aliphatic rings. The van der Waals surface area contributed by atoms with Crippen LogP contribution in [-0.2, 0) is 80.9 Å². The number of thioether (sulfide) groups is 1. The van der Waals surface area contributed by atoms with Crippen LogP contribution in [0, 0.1) is 0 Å². The molecule has 0 aliphatic carbocycles. The maximum atomic E-state index is 12.4. The SMILES string of the molecule is C=C(C)CSC1O[C@H](COC(C)=O)[C@@H](O[C@@H]2O[C@H](COC(C)=O)[C@H](OC(C)=O)C(OC(C)=O)[C@H]2OC(C)=O)[C@H](OC(C)=O)[C@H]1OC(C)=O. The molecule has 2 aliphatic heterocycles. The molecular weight excluding hydrogens is 664 g/mol. The zero-order valence-electron chi connectivity index (χ0n) is 28.0. The molecule has 2 heterocycles. The smallest absolute Gasteiger partial charge is 0.303 e. The molecule has 0 aromatic rings. The predicted molar refractivity (Wildman–Crippen MR) is 161 cm³/mol. The highest BCUT2D eigenvalue weighted by atomic mass is 32.2. The van der Waals surface area contributed by atoms with Crippen LogP contribution in [0.3, 0.4) is 0 Å². The minimum atomic E-state index is -1.74. The van der Waals surface area contributed by atoms with Crippen LogP contribution in [0.5, 0.6) is 0 Å². The third-order valence-electron chi connectivity index (χ3n) is 6.38. The molecule has 48 heavy (non-hydrogen) atoms. The van der Waals surface area contributed by atoms with Gasteiger partial charge in [0.15, 0.2) is 36.8 Å². The Bertz CT molecular complexity index is 1220. The van der Waals surface area contributed by atoms with Crippen LogP contribution in [0.1, 0.15) is 55.4 Å². The topological polar surface area (TPSA) is 212 Å². The van der Waals surface area contributed by atoms with Gasteiger partial charge in [0.25, 0.3) is 0 Å². The summed E-state index contributed by atoms with van der Waals surface area (Å²) in [6, 6.07) is 0. The highest BCUT2D eigenvalue weighted by molar-refractivity contribution is 8.00. The second-order valence-electron chi connectivity index (χ2n) is 10.9. The van der Waals surface area contributed by atoms with E-state index in [1.54, 1.807) is 6.92 Å². The lowest BCUT2D eigenvalue weighted by atomic mass is 9.96. The largest absolute Gasteiger partial charge is 0.463 e. The molecule has 0 aromatic carbocycles. The number of rotatable bonds is 14.